The van der Waals surface area contributed by atoms with Gasteiger partial charge in [0, 0.05) is 19.5 Å². The molecule has 2 aromatic rings. The van der Waals surface area contributed by atoms with Gasteiger partial charge in [0.05, 0.1) is 18.1 Å². The first kappa shape index (κ1) is 21.9. The fourth-order valence-corrected chi connectivity index (χ4v) is 4.63. The van der Waals surface area contributed by atoms with Crippen molar-refractivity contribution in [2.45, 2.75) is 23.8 Å². The average Bonchev–Trinajstić information content (AvgIpc) is 2.77. The molecule has 0 spiro atoms. The van der Waals surface area contributed by atoms with Crippen LogP contribution in [0.5, 0.6) is 0 Å². The lowest BCUT2D eigenvalue weighted by atomic mass is 10.1. The number of hydrogen-bond acceptors (Lipinski definition) is 5. The summed E-state index contributed by atoms with van der Waals surface area (Å²) in [5, 5.41) is 2.65. The molecule has 1 aliphatic rings. The minimum atomic E-state index is -3.54. The van der Waals surface area contributed by atoms with Gasteiger partial charge in [0.2, 0.25) is 21.8 Å². The van der Waals surface area contributed by atoms with Crippen LogP contribution in [-0.2, 0) is 30.8 Å². The van der Waals surface area contributed by atoms with Crippen molar-refractivity contribution >= 4 is 21.8 Å². The van der Waals surface area contributed by atoms with Gasteiger partial charge in [0.25, 0.3) is 0 Å². The van der Waals surface area contributed by atoms with E-state index in [1.807, 2.05) is 6.07 Å². The Balaban J connectivity index is 1.58. The summed E-state index contributed by atoms with van der Waals surface area (Å²) in [4.78, 5) is 24.2. The van der Waals surface area contributed by atoms with Gasteiger partial charge in [0.1, 0.15) is 6.04 Å². The number of amides is 2. The summed E-state index contributed by atoms with van der Waals surface area (Å²) in [6.45, 7) is 1.46. The van der Waals surface area contributed by atoms with E-state index in [1.54, 1.807) is 48.5 Å². The number of carbonyl (C=O) groups excluding carboxylic acids is 2. The predicted molar refractivity (Wildman–Crippen MR) is 111 cm³/mol. The number of benzene rings is 2. The Labute approximate surface area is 176 Å². The van der Waals surface area contributed by atoms with E-state index in [9.17, 15) is 18.0 Å². The van der Waals surface area contributed by atoms with Crippen molar-refractivity contribution in [3.05, 3.63) is 65.7 Å². The maximum absolute atomic E-state index is 12.6. The largest absolute Gasteiger partial charge is 0.379 e. The molecule has 0 saturated carbocycles. The zero-order valence-electron chi connectivity index (χ0n) is 16.5. The summed E-state index contributed by atoms with van der Waals surface area (Å²) in [5.41, 5.74) is 6.86. The third-order valence-corrected chi connectivity index (χ3v) is 6.81. The molecule has 0 aromatic heterocycles. The highest BCUT2D eigenvalue weighted by Crippen LogP contribution is 2.18. The first-order valence-electron chi connectivity index (χ1n) is 9.68. The van der Waals surface area contributed by atoms with Gasteiger partial charge in [-0.2, -0.15) is 4.31 Å². The van der Waals surface area contributed by atoms with E-state index in [-0.39, 0.29) is 17.2 Å². The van der Waals surface area contributed by atoms with Gasteiger partial charge in [-0.1, -0.05) is 42.5 Å². The Morgan fingerprint density at radius 2 is 1.67 bits per heavy atom. The number of aryl methyl sites for hydroxylation is 1. The Kier molecular flexibility index (Phi) is 7.20. The number of nitrogens with two attached hydrogens (primary N) is 1. The quantitative estimate of drug-likeness (QED) is 0.646. The molecule has 0 aliphatic carbocycles. The van der Waals surface area contributed by atoms with Gasteiger partial charge < -0.3 is 15.8 Å². The molecule has 160 valence electrons. The lowest BCUT2D eigenvalue weighted by Gasteiger charge is -2.26. The molecule has 3 N–H and O–H groups in total. The molecule has 0 bridgehead atoms. The van der Waals surface area contributed by atoms with E-state index in [2.05, 4.69) is 5.32 Å². The molecule has 1 atom stereocenters. The normalized spacial score (nSPS) is 16.0. The summed E-state index contributed by atoms with van der Waals surface area (Å²) < 4.78 is 31.9. The highest BCUT2D eigenvalue weighted by Gasteiger charge is 2.26. The third-order valence-electron chi connectivity index (χ3n) is 4.89. The minimum absolute atomic E-state index is 0.145. The molecule has 2 aromatic carbocycles. The van der Waals surface area contributed by atoms with Crippen LogP contribution in [0, 0.1) is 0 Å². The molecule has 1 saturated heterocycles. The SMILES string of the molecule is NC(=O)[C@@H](NC(=O)CCc1ccc(S(=O)(=O)N2CCOCC2)cc1)c1ccccc1. The zero-order valence-corrected chi connectivity index (χ0v) is 17.3. The fourth-order valence-electron chi connectivity index (χ4n) is 3.22. The summed E-state index contributed by atoms with van der Waals surface area (Å²) in [6, 6.07) is 14.4. The maximum atomic E-state index is 12.6. The Hall–Kier alpha value is -2.75. The van der Waals surface area contributed by atoms with Crippen LogP contribution in [-0.4, -0.2) is 50.8 Å². The molecule has 2 amide bonds. The molecule has 8 nitrogen and oxygen atoms in total. The van der Waals surface area contributed by atoms with Crippen molar-refractivity contribution < 1.29 is 22.7 Å². The Bertz CT molecular complexity index is 971. The highest BCUT2D eigenvalue weighted by molar-refractivity contribution is 7.89. The van der Waals surface area contributed by atoms with Crippen molar-refractivity contribution in [2.24, 2.45) is 5.73 Å². The zero-order chi connectivity index (χ0) is 21.6. The van der Waals surface area contributed by atoms with E-state index in [0.29, 0.717) is 38.3 Å². The van der Waals surface area contributed by atoms with Gasteiger partial charge in [0.15, 0.2) is 0 Å². The van der Waals surface area contributed by atoms with Crippen molar-refractivity contribution in [3.8, 4) is 0 Å². The third kappa shape index (κ3) is 5.44. The molecule has 30 heavy (non-hydrogen) atoms. The smallest absolute Gasteiger partial charge is 0.244 e. The molecule has 0 radical (unpaired) electrons. The number of rotatable bonds is 8. The summed E-state index contributed by atoms with van der Waals surface area (Å²) >= 11 is 0. The number of carbonyl (C=O) groups is 2. The molecule has 9 heteroatoms. The van der Waals surface area contributed by atoms with Gasteiger partial charge in [-0.25, -0.2) is 8.42 Å². The molecule has 1 fully saturated rings. The van der Waals surface area contributed by atoms with Gasteiger partial charge in [-0.3, -0.25) is 9.59 Å². The summed E-state index contributed by atoms with van der Waals surface area (Å²) in [7, 11) is -3.54. The second-order valence-corrected chi connectivity index (χ2v) is 8.91. The van der Waals surface area contributed by atoms with E-state index in [4.69, 9.17) is 10.5 Å². The van der Waals surface area contributed by atoms with Crippen LogP contribution >= 0.6 is 0 Å². The highest BCUT2D eigenvalue weighted by atomic mass is 32.2. The van der Waals surface area contributed by atoms with E-state index in [1.165, 1.54) is 4.31 Å². The van der Waals surface area contributed by atoms with E-state index >= 15 is 0 Å². The van der Waals surface area contributed by atoms with Crippen LogP contribution in [0.1, 0.15) is 23.6 Å². The molecule has 3 rings (SSSR count). The lowest BCUT2D eigenvalue weighted by molar-refractivity contribution is -0.127. The Morgan fingerprint density at radius 3 is 2.27 bits per heavy atom. The number of sulfonamides is 1. The number of nitrogens with one attached hydrogen (secondary N) is 1. The van der Waals surface area contributed by atoms with Crippen LogP contribution < -0.4 is 11.1 Å². The maximum Gasteiger partial charge on any atom is 0.244 e. The number of nitrogens with zero attached hydrogens (tertiary/aromatic N) is 1. The first-order chi connectivity index (χ1) is 14.4. The van der Waals surface area contributed by atoms with Crippen LogP contribution in [0.2, 0.25) is 0 Å². The van der Waals surface area contributed by atoms with Crippen molar-refractivity contribution in [1.29, 1.82) is 0 Å². The van der Waals surface area contributed by atoms with E-state index < -0.39 is 22.0 Å². The summed E-state index contributed by atoms with van der Waals surface area (Å²) in [6.07, 6.45) is 0.552. The Morgan fingerprint density at radius 1 is 1.03 bits per heavy atom. The van der Waals surface area contributed by atoms with Crippen LogP contribution in [0.3, 0.4) is 0 Å². The van der Waals surface area contributed by atoms with Crippen LogP contribution in [0.15, 0.2) is 59.5 Å². The molecular weight excluding hydrogens is 406 g/mol. The van der Waals surface area contributed by atoms with Gasteiger partial charge in [-0.15, -0.1) is 0 Å². The number of ether oxygens (including phenoxy) is 1. The lowest BCUT2D eigenvalue weighted by Crippen LogP contribution is -2.40. The molecule has 1 heterocycles. The molecular formula is C21H25N3O5S. The van der Waals surface area contributed by atoms with Crippen molar-refractivity contribution in [3.63, 3.8) is 0 Å². The first-order valence-corrected chi connectivity index (χ1v) is 11.1. The fraction of sp³-hybridized carbons (Fsp3) is 0.333. The van der Waals surface area contributed by atoms with Gasteiger partial charge >= 0.3 is 0 Å². The molecule has 1 aliphatic heterocycles. The number of morpholine rings is 1. The number of primary amides is 1. The van der Waals surface area contributed by atoms with Crippen molar-refractivity contribution in [2.75, 3.05) is 26.3 Å². The topological polar surface area (TPSA) is 119 Å². The second-order valence-electron chi connectivity index (χ2n) is 6.97. The van der Waals surface area contributed by atoms with Crippen LogP contribution in [0.25, 0.3) is 0 Å². The number of hydrogen-bond donors (Lipinski definition) is 2. The van der Waals surface area contributed by atoms with Crippen molar-refractivity contribution in [1.82, 2.24) is 9.62 Å². The average molecular weight is 432 g/mol. The standard InChI is InChI=1S/C21H25N3O5S/c22-21(26)20(17-4-2-1-3-5-17)23-19(25)11-8-16-6-9-18(10-7-16)30(27,28)24-12-14-29-15-13-24/h1-7,9-10,20H,8,11-15H2,(H2,22,26)(H,23,25)/t20-/m0/s1. The van der Waals surface area contributed by atoms with Gasteiger partial charge in [-0.05, 0) is 29.7 Å². The van der Waals surface area contributed by atoms with E-state index in [0.717, 1.165) is 5.56 Å². The second kappa shape index (κ2) is 9.84. The molecule has 0 unspecified atom stereocenters. The summed E-state index contributed by atoms with van der Waals surface area (Å²) in [5.74, 6) is -0.945. The minimum Gasteiger partial charge on any atom is -0.379 e. The van der Waals surface area contributed by atoms with Crippen LogP contribution in [0.4, 0.5) is 0 Å². The monoisotopic (exact) mass is 431 g/mol. The predicted octanol–water partition coefficient (Wildman–Crippen LogP) is 0.983.